The van der Waals surface area contributed by atoms with Crippen LogP contribution in [0.3, 0.4) is 0 Å². The number of hydrogen-bond acceptors (Lipinski definition) is 8. The molecule has 0 aromatic heterocycles. The van der Waals surface area contributed by atoms with Gasteiger partial charge in [0.1, 0.15) is 24.2 Å². The second-order valence-electron chi connectivity index (χ2n) is 11.6. The van der Waals surface area contributed by atoms with Crippen molar-refractivity contribution in [2.24, 2.45) is 10.7 Å². The summed E-state index contributed by atoms with van der Waals surface area (Å²) in [6, 6.07) is 11.5. The number of benzene rings is 2. The number of ether oxygens (including phenoxy) is 1. The number of Topliss-reactive ketones (excluding diaryl/α,β-unsaturated/α-hetero) is 1. The standard InChI is InChI=1S/C33H42N4O5/c1-2-4-24(38)15-26(40)16-25(39)9-7-21-8-10-31(41)32(13-21)42-20-37-18-29-23(17-36-30(29)19-37)14-22-5-3-6-28-27(22)11-12-35-33(28)34/h3,5-6,8,10,13,17,19,24,26,33,35,38,40-41H,2,4,7,9,11-12,14-16,18,20,34H2,1H3/p+1. The van der Waals surface area contributed by atoms with Gasteiger partial charge in [-0.15, -0.1) is 0 Å². The van der Waals surface area contributed by atoms with Crippen LogP contribution in [0.5, 0.6) is 11.5 Å². The van der Waals surface area contributed by atoms with E-state index >= 15 is 0 Å². The molecule has 0 aliphatic carbocycles. The fraction of sp³-hybridized carbons (Fsp3) is 0.455. The van der Waals surface area contributed by atoms with E-state index in [4.69, 9.17) is 10.5 Å². The van der Waals surface area contributed by atoms with Crippen LogP contribution in [0.25, 0.3) is 0 Å². The Balaban J connectivity index is 1.14. The van der Waals surface area contributed by atoms with Crippen molar-refractivity contribution in [3.05, 3.63) is 81.7 Å². The van der Waals surface area contributed by atoms with E-state index in [1.54, 1.807) is 18.2 Å². The second kappa shape index (κ2) is 13.8. The van der Waals surface area contributed by atoms with Crippen LogP contribution >= 0.6 is 0 Å². The molecule has 0 fully saturated rings. The van der Waals surface area contributed by atoms with Gasteiger partial charge in [-0.05, 0) is 72.1 Å². The Kier molecular flexibility index (Phi) is 9.87. The molecule has 3 aliphatic heterocycles. The lowest BCUT2D eigenvalue weighted by atomic mass is 9.90. The van der Waals surface area contributed by atoms with Crippen LogP contribution in [-0.4, -0.2) is 59.3 Å². The molecule has 224 valence electrons. The fourth-order valence-electron chi connectivity index (χ4n) is 6.09. The molecule has 0 bridgehead atoms. The zero-order valence-electron chi connectivity index (χ0n) is 24.3. The van der Waals surface area contributed by atoms with Gasteiger partial charge in [0.15, 0.2) is 11.5 Å². The van der Waals surface area contributed by atoms with Gasteiger partial charge in [-0.1, -0.05) is 37.6 Å². The van der Waals surface area contributed by atoms with Gasteiger partial charge in [0, 0.05) is 31.2 Å². The molecule has 5 rings (SSSR count). The minimum Gasteiger partial charge on any atom is -0.504 e. The highest BCUT2D eigenvalue weighted by Crippen LogP contribution is 2.30. The van der Waals surface area contributed by atoms with Crippen molar-refractivity contribution in [2.75, 3.05) is 19.8 Å². The van der Waals surface area contributed by atoms with Crippen LogP contribution in [0.2, 0.25) is 0 Å². The highest BCUT2D eigenvalue weighted by atomic mass is 16.5. The third kappa shape index (κ3) is 7.35. The maximum atomic E-state index is 12.4. The first-order chi connectivity index (χ1) is 20.3. The van der Waals surface area contributed by atoms with Gasteiger partial charge in [0.2, 0.25) is 6.73 Å². The Labute approximate surface area is 247 Å². The molecule has 0 spiro atoms. The van der Waals surface area contributed by atoms with Crippen LogP contribution in [0.15, 0.2) is 64.4 Å². The summed E-state index contributed by atoms with van der Waals surface area (Å²) in [7, 11) is 0. The van der Waals surface area contributed by atoms with Gasteiger partial charge >= 0.3 is 0 Å². The van der Waals surface area contributed by atoms with E-state index in [0.717, 1.165) is 48.5 Å². The smallest absolute Gasteiger partial charge is 0.227 e. The number of aliphatic imine (C=N–C) groups is 1. The lowest BCUT2D eigenvalue weighted by Crippen LogP contribution is -3.07. The highest BCUT2D eigenvalue weighted by molar-refractivity contribution is 5.87. The molecule has 0 radical (unpaired) electrons. The Bertz CT molecular complexity index is 1380. The predicted octanol–water partition coefficient (Wildman–Crippen LogP) is 2.00. The zero-order valence-corrected chi connectivity index (χ0v) is 24.3. The summed E-state index contributed by atoms with van der Waals surface area (Å²) in [6.07, 6.45) is 6.76. The number of phenols is 1. The molecule has 2 aromatic carbocycles. The molecule has 4 atom stereocenters. The normalized spacial score (nSPS) is 20.7. The molecule has 42 heavy (non-hydrogen) atoms. The number of allylic oxidation sites excluding steroid dienone is 1. The molecule has 9 heteroatoms. The molecule has 0 amide bonds. The van der Waals surface area contributed by atoms with Crippen molar-refractivity contribution >= 4 is 12.0 Å². The molecule has 3 heterocycles. The summed E-state index contributed by atoms with van der Waals surface area (Å²) in [5.74, 6) is 0.377. The lowest BCUT2D eigenvalue weighted by molar-refractivity contribution is -0.855. The average Bonchev–Trinajstić information content (AvgIpc) is 3.53. The Morgan fingerprint density at radius 2 is 2.10 bits per heavy atom. The molecule has 9 nitrogen and oxygen atoms in total. The van der Waals surface area contributed by atoms with E-state index in [9.17, 15) is 20.1 Å². The van der Waals surface area contributed by atoms with Crippen molar-refractivity contribution in [1.29, 1.82) is 0 Å². The first-order valence-corrected chi connectivity index (χ1v) is 15.1. The number of nitrogens with one attached hydrogen (secondary N) is 2. The number of nitrogens with two attached hydrogens (primary N) is 1. The number of aromatic hydroxyl groups is 1. The number of aliphatic hydroxyl groups is 2. The quantitative estimate of drug-likeness (QED) is 0.202. The van der Waals surface area contributed by atoms with Gasteiger partial charge in [-0.3, -0.25) is 20.0 Å². The number of quaternary nitrogens is 1. The van der Waals surface area contributed by atoms with E-state index < -0.39 is 12.2 Å². The summed E-state index contributed by atoms with van der Waals surface area (Å²) >= 11 is 0. The van der Waals surface area contributed by atoms with Crippen molar-refractivity contribution < 1.29 is 29.8 Å². The van der Waals surface area contributed by atoms with Gasteiger partial charge in [-0.25, -0.2) is 0 Å². The molecular weight excluding hydrogens is 532 g/mol. The number of aryl methyl sites for hydroxylation is 1. The first kappa shape index (κ1) is 30.1. The number of fused-ring (bicyclic) bond motifs is 2. The number of carbonyl (C=O) groups is 1. The van der Waals surface area contributed by atoms with Gasteiger partial charge < -0.3 is 25.8 Å². The van der Waals surface area contributed by atoms with Gasteiger partial charge in [0.25, 0.3) is 0 Å². The molecule has 2 aromatic rings. The molecule has 4 unspecified atom stereocenters. The third-order valence-electron chi connectivity index (χ3n) is 8.32. The van der Waals surface area contributed by atoms with E-state index in [-0.39, 0.29) is 37.0 Å². The Hall–Kier alpha value is -3.34. The fourth-order valence-corrected chi connectivity index (χ4v) is 6.09. The Morgan fingerprint density at radius 3 is 2.93 bits per heavy atom. The highest BCUT2D eigenvalue weighted by Gasteiger charge is 2.30. The van der Waals surface area contributed by atoms with Crippen LogP contribution in [0.1, 0.15) is 67.4 Å². The third-order valence-corrected chi connectivity index (χ3v) is 8.32. The lowest BCUT2D eigenvalue weighted by Gasteiger charge is -2.26. The number of hydrogen-bond donors (Lipinski definition) is 6. The minimum atomic E-state index is -0.830. The average molecular weight is 576 g/mol. The SMILES string of the molecule is CCCC(O)CC(O)CC(=O)CCc1ccc(O)c(OC[NH+]2C=C3N=CC(Cc4cccc5c4CCNC5N)=C3C2)c1. The molecule has 0 saturated carbocycles. The summed E-state index contributed by atoms with van der Waals surface area (Å²) in [5, 5.41) is 33.7. The molecular formula is C33H43N4O5+. The van der Waals surface area contributed by atoms with Crippen LogP contribution in [-0.2, 0) is 24.1 Å². The van der Waals surface area contributed by atoms with Crippen molar-refractivity contribution in [2.45, 2.75) is 76.7 Å². The van der Waals surface area contributed by atoms with Crippen molar-refractivity contribution in [1.82, 2.24) is 5.32 Å². The van der Waals surface area contributed by atoms with Gasteiger partial charge in [0.05, 0.1) is 18.4 Å². The topological polar surface area (TPSA) is 142 Å². The van der Waals surface area contributed by atoms with E-state index in [0.29, 0.717) is 25.3 Å². The van der Waals surface area contributed by atoms with Gasteiger partial charge in [-0.2, -0.15) is 0 Å². The number of phenolic OH excluding ortho intramolecular Hbond substituents is 1. The van der Waals surface area contributed by atoms with Crippen molar-refractivity contribution in [3.8, 4) is 11.5 Å². The summed E-state index contributed by atoms with van der Waals surface area (Å²) in [6.45, 7) is 3.94. The maximum Gasteiger partial charge on any atom is 0.227 e. The largest absolute Gasteiger partial charge is 0.504 e. The van der Waals surface area contributed by atoms with E-state index in [1.807, 2.05) is 13.1 Å². The van der Waals surface area contributed by atoms with Crippen LogP contribution in [0.4, 0.5) is 0 Å². The zero-order chi connectivity index (χ0) is 29.6. The number of nitrogens with zero attached hydrogens (tertiary/aromatic N) is 1. The number of aliphatic hydroxyl groups excluding tert-OH is 2. The van der Waals surface area contributed by atoms with E-state index in [1.165, 1.54) is 27.8 Å². The Morgan fingerprint density at radius 1 is 1.24 bits per heavy atom. The minimum absolute atomic E-state index is 0.0347. The summed E-state index contributed by atoms with van der Waals surface area (Å²) in [5.41, 5.74) is 14.4. The monoisotopic (exact) mass is 575 g/mol. The number of carbonyl (C=O) groups excluding carboxylic acids is 1. The predicted molar refractivity (Wildman–Crippen MR) is 161 cm³/mol. The van der Waals surface area contributed by atoms with Crippen LogP contribution in [0, 0.1) is 0 Å². The van der Waals surface area contributed by atoms with Crippen LogP contribution < -0.4 is 20.7 Å². The number of rotatable bonds is 14. The molecule has 0 saturated heterocycles. The summed E-state index contributed by atoms with van der Waals surface area (Å²) in [4.78, 5) is 18.1. The molecule has 3 aliphatic rings. The molecule has 7 N–H and O–H groups in total. The van der Waals surface area contributed by atoms with Crippen molar-refractivity contribution in [3.63, 3.8) is 0 Å². The van der Waals surface area contributed by atoms with E-state index in [2.05, 4.69) is 34.7 Å². The summed E-state index contributed by atoms with van der Waals surface area (Å²) < 4.78 is 6.02. The second-order valence-corrected chi connectivity index (χ2v) is 11.6. The first-order valence-electron chi connectivity index (χ1n) is 15.1. The number of ketones is 1. The maximum absolute atomic E-state index is 12.4.